The summed E-state index contributed by atoms with van der Waals surface area (Å²) in [6.07, 6.45) is 2.83. The minimum Gasteiger partial charge on any atom is -0.444 e. The molecule has 3 nitrogen and oxygen atoms in total. The summed E-state index contributed by atoms with van der Waals surface area (Å²) in [4.78, 5) is 15.3. The van der Waals surface area contributed by atoms with Crippen LogP contribution >= 0.6 is 33.9 Å². The molecule has 2 rings (SSSR count). The van der Waals surface area contributed by atoms with Gasteiger partial charge in [-0.15, -0.1) is 11.3 Å². The third kappa shape index (κ3) is 3.62. The molecule has 0 N–H and O–H groups in total. The van der Waals surface area contributed by atoms with Gasteiger partial charge in [-0.3, -0.25) is 0 Å². The predicted octanol–water partition coefficient (Wildman–Crippen LogP) is 4.08. The van der Waals surface area contributed by atoms with E-state index in [4.69, 9.17) is 4.74 Å². The molecule has 1 aromatic heterocycles. The molecule has 0 saturated heterocycles. The maximum absolute atomic E-state index is 12.1. The highest BCUT2D eigenvalue weighted by Gasteiger charge is 2.29. The minimum absolute atomic E-state index is 0.216. The van der Waals surface area contributed by atoms with Crippen LogP contribution in [0.2, 0.25) is 0 Å². The van der Waals surface area contributed by atoms with E-state index >= 15 is 0 Å². The lowest BCUT2D eigenvalue weighted by atomic mass is 9.94. The molecule has 0 spiro atoms. The quantitative estimate of drug-likeness (QED) is 0.673. The number of fused-ring (bicyclic) bond motifs is 1. The van der Waals surface area contributed by atoms with Gasteiger partial charge < -0.3 is 9.64 Å². The Labute approximate surface area is 132 Å². The van der Waals surface area contributed by atoms with Gasteiger partial charge in [-0.1, -0.05) is 0 Å². The van der Waals surface area contributed by atoms with Crippen LogP contribution in [0.5, 0.6) is 0 Å². The van der Waals surface area contributed by atoms with Crippen molar-refractivity contribution in [3.05, 3.63) is 19.4 Å². The van der Waals surface area contributed by atoms with Gasteiger partial charge >= 0.3 is 6.09 Å². The normalized spacial score (nSPS) is 18.9. The summed E-state index contributed by atoms with van der Waals surface area (Å²) < 4.78 is 6.81. The van der Waals surface area contributed by atoms with E-state index in [2.05, 4.69) is 28.0 Å². The molecule has 1 aliphatic carbocycles. The first kappa shape index (κ1) is 15.1. The van der Waals surface area contributed by atoms with Crippen molar-refractivity contribution in [3.63, 3.8) is 0 Å². The summed E-state index contributed by atoms with van der Waals surface area (Å²) >= 11 is 4.21. The molecule has 19 heavy (non-hydrogen) atoms. The number of nitrogens with zero attached hydrogens (tertiary/aromatic N) is 1. The number of halogens is 1. The zero-order valence-electron chi connectivity index (χ0n) is 11.8. The molecule has 0 fully saturated rings. The zero-order chi connectivity index (χ0) is 14.2. The number of likely N-dealkylation sites (N-methyl/N-ethyl adjacent to an activating group) is 1. The largest absolute Gasteiger partial charge is 0.444 e. The summed E-state index contributed by atoms with van der Waals surface area (Å²) in [6.45, 7) is 5.71. The number of hydrogen-bond acceptors (Lipinski definition) is 3. The lowest BCUT2D eigenvalue weighted by molar-refractivity contribution is 0.0211. The predicted molar refractivity (Wildman–Crippen MR) is 86.8 cm³/mol. The Morgan fingerprint density at radius 2 is 2.21 bits per heavy atom. The lowest BCUT2D eigenvalue weighted by Gasteiger charge is -2.33. The second kappa shape index (κ2) is 5.60. The summed E-state index contributed by atoms with van der Waals surface area (Å²) in [5.41, 5.74) is 1.06. The van der Waals surface area contributed by atoms with Crippen molar-refractivity contribution in [1.82, 2.24) is 4.90 Å². The average Bonchev–Trinajstić information content (AvgIpc) is 2.67. The number of amides is 1. The van der Waals surface area contributed by atoms with E-state index in [9.17, 15) is 4.79 Å². The monoisotopic (exact) mass is 393 g/mol. The van der Waals surface area contributed by atoms with Crippen LogP contribution in [0.4, 0.5) is 4.79 Å². The van der Waals surface area contributed by atoms with Crippen LogP contribution in [0.15, 0.2) is 5.38 Å². The van der Waals surface area contributed by atoms with Gasteiger partial charge in [0, 0.05) is 33.3 Å². The van der Waals surface area contributed by atoms with Gasteiger partial charge in [0.05, 0.1) is 0 Å². The Hall–Kier alpha value is -0.300. The fourth-order valence-corrected chi connectivity index (χ4v) is 4.46. The average molecular weight is 393 g/mol. The smallest absolute Gasteiger partial charge is 0.410 e. The van der Waals surface area contributed by atoms with Gasteiger partial charge in [0.2, 0.25) is 0 Å². The van der Waals surface area contributed by atoms with E-state index in [1.807, 2.05) is 39.2 Å². The maximum Gasteiger partial charge on any atom is 0.410 e. The molecular weight excluding hydrogens is 373 g/mol. The van der Waals surface area contributed by atoms with E-state index in [0.717, 1.165) is 19.3 Å². The number of carbonyl (C=O) groups is 1. The number of rotatable bonds is 1. The third-order valence-electron chi connectivity index (χ3n) is 3.31. The van der Waals surface area contributed by atoms with Gasteiger partial charge in [-0.2, -0.15) is 0 Å². The Morgan fingerprint density at radius 1 is 1.53 bits per heavy atom. The molecule has 1 unspecified atom stereocenters. The topological polar surface area (TPSA) is 29.5 Å². The Kier molecular flexibility index (Phi) is 4.45. The van der Waals surface area contributed by atoms with Crippen LogP contribution in [0, 0.1) is 3.57 Å². The fraction of sp³-hybridized carbons (Fsp3) is 0.643. The second-order valence-corrected chi connectivity index (χ2v) is 8.10. The van der Waals surface area contributed by atoms with Crippen molar-refractivity contribution in [1.29, 1.82) is 0 Å². The summed E-state index contributed by atoms with van der Waals surface area (Å²) in [6, 6.07) is 0.261. The van der Waals surface area contributed by atoms with Crippen LogP contribution in [-0.4, -0.2) is 29.7 Å². The van der Waals surface area contributed by atoms with Crippen LogP contribution in [0.3, 0.4) is 0 Å². The van der Waals surface area contributed by atoms with E-state index in [-0.39, 0.29) is 12.1 Å². The van der Waals surface area contributed by atoms with Crippen LogP contribution < -0.4 is 0 Å². The molecule has 0 bridgehead atoms. The molecule has 1 heterocycles. The second-order valence-electron chi connectivity index (χ2n) is 5.97. The Morgan fingerprint density at radius 3 is 2.84 bits per heavy atom. The van der Waals surface area contributed by atoms with Gasteiger partial charge in [-0.05, 0) is 61.8 Å². The van der Waals surface area contributed by atoms with Crippen molar-refractivity contribution >= 4 is 40.0 Å². The molecule has 5 heteroatoms. The van der Waals surface area contributed by atoms with Crippen molar-refractivity contribution in [3.8, 4) is 0 Å². The first-order valence-electron chi connectivity index (χ1n) is 6.48. The Balaban J connectivity index is 2.02. The van der Waals surface area contributed by atoms with Crippen molar-refractivity contribution in [2.45, 2.75) is 51.7 Å². The first-order valence-corrected chi connectivity index (χ1v) is 8.44. The van der Waals surface area contributed by atoms with Gasteiger partial charge in [0.25, 0.3) is 0 Å². The summed E-state index contributed by atoms with van der Waals surface area (Å²) in [5.74, 6) is 0. The van der Waals surface area contributed by atoms with Gasteiger partial charge in [0.15, 0.2) is 0 Å². The Bertz CT molecular complexity index is 478. The fourth-order valence-electron chi connectivity index (χ4n) is 2.27. The zero-order valence-corrected chi connectivity index (χ0v) is 14.8. The molecule has 1 aliphatic rings. The molecule has 1 atom stereocenters. The van der Waals surface area contributed by atoms with Crippen LogP contribution in [-0.2, 0) is 17.6 Å². The van der Waals surface area contributed by atoms with Crippen molar-refractivity contribution in [2.24, 2.45) is 0 Å². The number of hydrogen-bond donors (Lipinski definition) is 0. The molecule has 106 valence electrons. The van der Waals surface area contributed by atoms with E-state index in [1.165, 1.54) is 14.0 Å². The SMILES string of the molecule is CN(C(=O)OC(C)(C)C)C1CCc2c(I)csc2C1. The number of thiophene rings is 1. The number of ether oxygens (including phenoxy) is 1. The molecule has 0 saturated carbocycles. The molecule has 0 aromatic carbocycles. The highest BCUT2D eigenvalue weighted by molar-refractivity contribution is 14.1. The van der Waals surface area contributed by atoms with Crippen LogP contribution in [0.25, 0.3) is 0 Å². The molecule has 1 amide bonds. The molecule has 0 radical (unpaired) electrons. The van der Waals surface area contributed by atoms with Crippen molar-refractivity contribution in [2.75, 3.05) is 7.05 Å². The third-order valence-corrected chi connectivity index (χ3v) is 5.74. The highest BCUT2D eigenvalue weighted by Crippen LogP contribution is 2.32. The molecular formula is C14H20INO2S. The van der Waals surface area contributed by atoms with Gasteiger partial charge in [0.1, 0.15) is 5.60 Å². The molecule has 1 aromatic rings. The van der Waals surface area contributed by atoms with E-state index < -0.39 is 5.60 Å². The standard InChI is InChI=1S/C14H20INO2S/c1-14(2,3)18-13(17)16(4)9-5-6-10-11(15)8-19-12(10)7-9/h8-9H,5-7H2,1-4H3. The highest BCUT2D eigenvalue weighted by atomic mass is 127. The number of carbonyl (C=O) groups excluding carboxylic acids is 1. The van der Waals surface area contributed by atoms with Gasteiger partial charge in [-0.25, -0.2) is 4.79 Å². The van der Waals surface area contributed by atoms with Crippen LogP contribution in [0.1, 0.15) is 37.6 Å². The maximum atomic E-state index is 12.1. The minimum atomic E-state index is -0.427. The summed E-state index contributed by atoms with van der Waals surface area (Å²) in [7, 11) is 1.85. The first-order chi connectivity index (χ1) is 8.78. The molecule has 0 aliphatic heterocycles. The van der Waals surface area contributed by atoms with E-state index in [0.29, 0.717) is 0 Å². The lowest BCUT2D eigenvalue weighted by Crippen LogP contribution is -2.43. The summed E-state index contributed by atoms with van der Waals surface area (Å²) in [5, 5.41) is 2.21. The van der Waals surface area contributed by atoms with E-state index in [1.54, 1.807) is 4.90 Å². The van der Waals surface area contributed by atoms with Crippen molar-refractivity contribution < 1.29 is 9.53 Å².